The van der Waals surface area contributed by atoms with Crippen LogP contribution in [0, 0.1) is 6.92 Å². The Hall–Kier alpha value is -2.47. The van der Waals surface area contributed by atoms with Gasteiger partial charge in [-0.15, -0.1) is 0 Å². The molecular weight excluding hydrogens is 294 g/mol. The second kappa shape index (κ2) is 6.32. The molecule has 2 aromatic rings. The average Bonchev–Trinajstić information content (AvgIpc) is 2.50. The quantitative estimate of drug-likeness (QED) is 0.881. The highest BCUT2D eigenvalue weighted by molar-refractivity contribution is 6.30. The number of nitrogens with zero attached hydrogens (tertiary/aromatic N) is 2. The van der Waals surface area contributed by atoms with Crippen molar-refractivity contribution in [3.63, 3.8) is 0 Å². The van der Waals surface area contributed by atoms with Gasteiger partial charge in [0, 0.05) is 5.56 Å². The van der Waals surface area contributed by atoms with Gasteiger partial charge in [0.2, 0.25) is 0 Å². The van der Waals surface area contributed by atoms with Crippen molar-refractivity contribution in [1.82, 2.24) is 9.97 Å². The lowest BCUT2D eigenvalue weighted by Gasteiger charge is -2.09. The summed E-state index contributed by atoms with van der Waals surface area (Å²) in [7, 11) is 1.22. The van der Waals surface area contributed by atoms with Crippen LogP contribution >= 0.6 is 11.6 Å². The summed E-state index contributed by atoms with van der Waals surface area (Å²) in [5.74, 6) is -1.16. The highest BCUT2D eigenvalue weighted by Crippen LogP contribution is 2.19. The molecular formula is C14H12ClN3O3. The number of benzene rings is 1. The van der Waals surface area contributed by atoms with E-state index in [2.05, 4.69) is 20.0 Å². The van der Waals surface area contributed by atoms with Gasteiger partial charge in [0.25, 0.3) is 5.91 Å². The topological polar surface area (TPSA) is 81.2 Å². The van der Waals surface area contributed by atoms with E-state index in [4.69, 9.17) is 11.6 Å². The molecule has 1 aromatic heterocycles. The number of ether oxygens (including phenoxy) is 1. The summed E-state index contributed by atoms with van der Waals surface area (Å²) in [5, 5.41) is 2.62. The van der Waals surface area contributed by atoms with Crippen molar-refractivity contribution in [1.29, 1.82) is 0 Å². The third-order valence-corrected chi connectivity index (χ3v) is 3.02. The van der Waals surface area contributed by atoms with E-state index in [1.165, 1.54) is 7.11 Å². The molecule has 2 rings (SSSR count). The summed E-state index contributed by atoms with van der Waals surface area (Å²) in [5.41, 5.74) is 0.699. The monoisotopic (exact) mass is 305 g/mol. The van der Waals surface area contributed by atoms with Crippen molar-refractivity contribution in [2.75, 3.05) is 12.4 Å². The number of amides is 1. The van der Waals surface area contributed by atoms with Gasteiger partial charge in [0.1, 0.15) is 0 Å². The van der Waals surface area contributed by atoms with E-state index in [9.17, 15) is 9.59 Å². The fraction of sp³-hybridized carbons (Fsp3) is 0.143. The maximum atomic E-state index is 12.1. The molecule has 0 bridgehead atoms. The van der Waals surface area contributed by atoms with Crippen LogP contribution < -0.4 is 5.32 Å². The normalized spacial score (nSPS) is 10.0. The summed E-state index contributed by atoms with van der Waals surface area (Å²) in [6.07, 6.45) is 0. The SMILES string of the molecule is COC(=O)c1nc(C)c(Cl)nc1NC(=O)c1ccccc1. The zero-order valence-electron chi connectivity index (χ0n) is 11.4. The van der Waals surface area contributed by atoms with Gasteiger partial charge < -0.3 is 10.1 Å². The van der Waals surface area contributed by atoms with Crippen molar-refractivity contribution in [3.05, 3.63) is 52.4 Å². The van der Waals surface area contributed by atoms with E-state index in [0.29, 0.717) is 11.3 Å². The number of carbonyl (C=O) groups is 2. The number of hydrogen-bond acceptors (Lipinski definition) is 5. The van der Waals surface area contributed by atoms with E-state index in [0.717, 1.165) is 0 Å². The molecule has 0 spiro atoms. The molecule has 1 aromatic carbocycles. The van der Waals surface area contributed by atoms with Crippen LogP contribution in [0.2, 0.25) is 5.15 Å². The van der Waals surface area contributed by atoms with E-state index >= 15 is 0 Å². The first-order chi connectivity index (χ1) is 10.0. The molecule has 0 aliphatic heterocycles. The van der Waals surface area contributed by atoms with Crippen LogP contribution in [0.15, 0.2) is 30.3 Å². The molecule has 21 heavy (non-hydrogen) atoms. The van der Waals surface area contributed by atoms with Crippen LogP contribution in [-0.2, 0) is 4.74 Å². The van der Waals surface area contributed by atoms with Crippen molar-refractivity contribution in [2.45, 2.75) is 6.92 Å². The maximum absolute atomic E-state index is 12.1. The van der Waals surface area contributed by atoms with Gasteiger partial charge in [-0.25, -0.2) is 14.8 Å². The summed E-state index contributed by atoms with van der Waals surface area (Å²) in [6.45, 7) is 1.60. The summed E-state index contributed by atoms with van der Waals surface area (Å²) in [4.78, 5) is 31.8. The van der Waals surface area contributed by atoms with Crippen LogP contribution in [0.25, 0.3) is 0 Å². The minimum absolute atomic E-state index is 0.0358. The zero-order chi connectivity index (χ0) is 15.4. The van der Waals surface area contributed by atoms with Gasteiger partial charge in [-0.1, -0.05) is 29.8 Å². The van der Waals surface area contributed by atoms with Crippen molar-refractivity contribution < 1.29 is 14.3 Å². The number of rotatable bonds is 3. The van der Waals surface area contributed by atoms with Crippen molar-refractivity contribution in [3.8, 4) is 0 Å². The molecule has 7 heteroatoms. The maximum Gasteiger partial charge on any atom is 0.360 e. The molecule has 0 radical (unpaired) electrons. The first-order valence-corrected chi connectivity index (χ1v) is 6.39. The number of anilines is 1. The number of methoxy groups -OCH3 is 1. The summed E-state index contributed by atoms with van der Waals surface area (Å²) in [6, 6.07) is 8.51. The van der Waals surface area contributed by atoms with Crippen LogP contribution in [0.4, 0.5) is 5.82 Å². The van der Waals surface area contributed by atoms with E-state index in [-0.39, 0.29) is 16.7 Å². The summed E-state index contributed by atoms with van der Waals surface area (Å²) >= 11 is 5.89. The molecule has 108 valence electrons. The first-order valence-electron chi connectivity index (χ1n) is 6.01. The van der Waals surface area contributed by atoms with Gasteiger partial charge in [0.15, 0.2) is 16.7 Å². The highest BCUT2D eigenvalue weighted by Gasteiger charge is 2.20. The lowest BCUT2D eigenvalue weighted by atomic mass is 10.2. The van der Waals surface area contributed by atoms with E-state index in [1.54, 1.807) is 37.3 Å². The third-order valence-electron chi connectivity index (χ3n) is 2.66. The number of nitrogens with one attached hydrogen (secondary N) is 1. The van der Waals surface area contributed by atoms with Gasteiger partial charge >= 0.3 is 5.97 Å². The molecule has 0 saturated carbocycles. The predicted octanol–water partition coefficient (Wildman–Crippen LogP) is 2.48. The second-order valence-corrected chi connectivity index (χ2v) is 4.47. The molecule has 0 fully saturated rings. The van der Waals surface area contributed by atoms with Crippen molar-refractivity contribution in [2.24, 2.45) is 0 Å². The Morgan fingerprint density at radius 1 is 1.19 bits per heavy atom. The molecule has 6 nitrogen and oxygen atoms in total. The second-order valence-electron chi connectivity index (χ2n) is 4.11. The van der Waals surface area contributed by atoms with Gasteiger partial charge in [0.05, 0.1) is 12.8 Å². The van der Waals surface area contributed by atoms with Crippen LogP contribution in [-0.4, -0.2) is 29.0 Å². The Balaban J connectivity index is 2.37. The highest BCUT2D eigenvalue weighted by atomic mass is 35.5. The van der Waals surface area contributed by atoms with E-state index < -0.39 is 11.9 Å². The number of aryl methyl sites for hydroxylation is 1. The van der Waals surface area contributed by atoms with Gasteiger partial charge in [-0.2, -0.15) is 0 Å². The molecule has 0 saturated heterocycles. The van der Waals surface area contributed by atoms with Gasteiger partial charge in [-0.05, 0) is 19.1 Å². The number of hydrogen-bond donors (Lipinski definition) is 1. The molecule has 0 unspecified atom stereocenters. The minimum atomic E-state index is -0.703. The predicted molar refractivity (Wildman–Crippen MR) is 77.5 cm³/mol. The third kappa shape index (κ3) is 3.35. The Kier molecular flexibility index (Phi) is 4.49. The Bertz CT molecular complexity index is 689. The van der Waals surface area contributed by atoms with Gasteiger partial charge in [-0.3, -0.25) is 4.79 Å². The number of aromatic nitrogens is 2. The van der Waals surface area contributed by atoms with Crippen LogP contribution in [0.5, 0.6) is 0 Å². The Morgan fingerprint density at radius 3 is 2.48 bits per heavy atom. The number of esters is 1. The lowest BCUT2D eigenvalue weighted by molar-refractivity contribution is 0.0594. The van der Waals surface area contributed by atoms with Crippen LogP contribution in [0.1, 0.15) is 26.5 Å². The Labute approximate surface area is 126 Å². The fourth-order valence-corrected chi connectivity index (χ4v) is 1.72. The minimum Gasteiger partial charge on any atom is -0.464 e. The van der Waals surface area contributed by atoms with Crippen molar-refractivity contribution >= 4 is 29.3 Å². The molecule has 1 heterocycles. The van der Waals surface area contributed by atoms with E-state index in [1.807, 2.05) is 0 Å². The smallest absolute Gasteiger partial charge is 0.360 e. The average molecular weight is 306 g/mol. The number of halogens is 1. The zero-order valence-corrected chi connectivity index (χ0v) is 12.1. The van der Waals surface area contributed by atoms with Crippen LogP contribution in [0.3, 0.4) is 0 Å². The molecule has 0 aliphatic carbocycles. The summed E-state index contributed by atoms with van der Waals surface area (Å²) < 4.78 is 4.62. The lowest BCUT2D eigenvalue weighted by Crippen LogP contribution is -2.18. The molecule has 0 atom stereocenters. The largest absolute Gasteiger partial charge is 0.464 e. The first kappa shape index (κ1) is 14.9. The molecule has 0 aliphatic rings. The Morgan fingerprint density at radius 2 is 1.86 bits per heavy atom. The molecule has 1 N–H and O–H groups in total. The standard InChI is InChI=1S/C14H12ClN3O3/c1-8-11(15)17-12(10(16-8)14(20)21-2)18-13(19)9-6-4-3-5-7-9/h3-7H,1-2H3,(H,17,18,19). The molecule has 1 amide bonds. The fourth-order valence-electron chi connectivity index (χ4n) is 1.59. The number of carbonyl (C=O) groups excluding carboxylic acids is 2.